The fraction of sp³-hybridized carbons (Fsp3) is 0.778. The van der Waals surface area contributed by atoms with Crippen molar-refractivity contribution in [1.29, 1.82) is 0 Å². The fourth-order valence-electron chi connectivity index (χ4n) is 2.39. The average Bonchev–Trinajstić information content (AvgIpc) is 3.23. The van der Waals surface area contributed by atoms with E-state index in [0.717, 1.165) is 62.4 Å². The van der Waals surface area contributed by atoms with E-state index >= 15 is 0 Å². The molecular weight excluding hydrogens is 336 g/mol. The molecule has 0 aromatic carbocycles. The van der Waals surface area contributed by atoms with Crippen molar-refractivity contribution in [3.63, 3.8) is 0 Å². The third kappa shape index (κ3) is 7.30. The highest BCUT2D eigenvalue weighted by molar-refractivity contribution is 7.09. The third-order valence-electron chi connectivity index (χ3n) is 3.89. The van der Waals surface area contributed by atoms with Crippen molar-refractivity contribution in [3.8, 4) is 0 Å². The minimum atomic E-state index is 0.0889. The van der Waals surface area contributed by atoms with E-state index in [9.17, 15) is 0 Å². The minimum absolute atomic E-state index is 0.0889. The maximum Gasteiger partial charge on any atom is 0.191 e. The molecule has 0 aliphatic carbocycles. The summed E-state index contributed by atoms with van der Waals surface area (Å²) in [5.74, 6) is 0.833. The Morgan fingerprint density at radius 2 is 2.28 bits per heavy atom. The standard InChI is InChI=1S/C18H32N4O2S/c1-5-19-17(20-8-6-9-24-14-7-10-23-12-14)21-11-16-22-15(13-25-16)18(2,3)4/h13-14H,5-12H2,1-4H3,(H2,19,20,21). The van der Waals surface area contributed by atoms with Crippen molar-refractivity contribution >= 4 is 17.3 Å². The Morgan fingerprint density at radius 3 is 2.92 bits per heavy atom. The molecule has 6 nitrogen and oxygen atoms in total. The molecule has 1 unspecified atom stereocenters. The van der Waals surface area contributed by atoms with Gasteiger partial charge in [0.1, 0.15) is 5.01 Å². The summed E-state index contributed by atoms with van der Waals surface area (Å²) in [5.41, 5.74) is 1.22. The topological polar surface area (TPSA) is 67.8 Å². The molecule has 2 rings (SSSR count). The second-order valence-corrected chi connectivity index (χ2v) is 8.15. The van der Waals surface area contributed by atoms with Crippen molar-refractivity contribution in [3.05, 3.63) is 16.1 Å². The van der Waals surface area contributed by atoms with Gasteiger partial charge >= 0.3 is 0 Å². The quantitative estimate of drug-likeness (QED) is 0.419. The zero-order valence-electron chi connectivity index (χ0n) is 15.9. The highest BCUT2D eigenvalue weighted by Crippen LogP contribution is 2.24. The van der Waals surface area contributed by atoms with Gasteiger partial charge in [-0.15, -0.1) is 11.3 Å². The van der Waals surface area contributed by atoms with Gasteiger partial charge in [-0.05, 0) is 19.8 Å². The van der Waals surface area contributed by atoms with Crippen LogP contribution >= 0.6 is 11.3 Å². The summed E-state index contributed by atoms with van der Waals surface area (Å²) in [6.45, 7) is 13.2. The first-order valence-corrected chi connectivity index (χ1v) is 10.0. The average molecular weight is 369 g/mol. The van der Waals surface area contributed by atoms with Crippen LogP contribution < -0.4 is 10.6 Å². The molecule has 1 fully saturated rings. The van der Waals surface area contributed by atoms with E-state index < -0.39 is 0 Å². The van der Waals surface area contributed by atoms with Crippen LogP contribution in [0.15, 0.2) is 10.4 Å². The summed E-state index contributed by atoms with van der Waals surface area (Å²) >= 11 is 1.68. The van der Waals surface area contributed by atoms with E-state index in [1.165, 1.54) is 0 Å². The molecule has 2 N–H and O–H groups in total. The Hall–Kier alpha value is -1.18. The Labute approximate surface area is 155 Å². The van der Waals surface area contributed by atoms with E-state index in [2.05, 4.69) is 48.7 Å². The van der Waals surface area contributed by atoms with Crippen LogP contribution in [-0.2, 0) is 21.4 Å². The molecule has 25 heavy (non-hydrogen) atoms. The van der Waals surface area contributed by atoms with E-state index in [4.69, 9.17) is 14.5 Å². The maximum absolute atomic E-state index is 5.77. The van der Waals surface area contributed by atoms with Gasteiger partial charge in [0.05, 0.1) is 24.9 Å². The Morgan fingerprint density at radius 1 is 1.44 bits per heavy atom. The smallest absolute Gasteiger partial charge is 0.191 e. The van der Waals surface area contributed by atoms with Gasteiger partial charge in [0.2, 0.25) is 0 Å². The van der Waals surface area contributed by atoms with Gasteiger partial charge in [-0.3, -0.25) is 0 Å². The van der Waals surface area contributed by atoms with Crippen molar-refractivity contribution in [2.24, 2.45) is 4.99 Å². The number of guanidine groups is 1. The zero-order chi connectivity index (χ0) is 18.1. The number of ether oxygens (including phenoxy) is 2. The van der Waals surface area contributed by atoms with E-state index in [1.807, 2.05) is 0 Å². The van der Waals surface area contributed by atoms with Gasteiger partial charge in [0.25, 0.3) is 0 Å². The molecule has 1 aromatic rings. The van der Waals surface area contributed by atoms with Gasteiger partial charge in [0, 0.05) is 37.1 Å². The van der Waals surface area contributed by atoms with Crippen LogP contribution in [0.5, 0.6) is 0 Å². The molecule has 1 aliphatic heterocycles. The van der Waals surface area contributed by atoms with Crippen LogP contribution in [-0.4, -0.2) is 50.0 Å². The normalized spacial score (nSPS) is 18.6. The lowest BCUT2D eigenvalue weighted by molar-refractivity contribution is 0.0420. The van der Waals surface area contributed by atoms with Gasteiger partial charge in [-0.2, -0.15) is 0 Å². The molecule has 0 bridgehead atoms. The largest absolute Gasteiger partial charge is 0.379 e. The Balaban J connectivity index is 1.72. The van der Waals surface area contributed by atoms with Crippen molar-refractivity contribution in [2.45, 2.75) is 58.6 Å². The number of rotatable bonds is 8. The van der Waals surface area contributed by atoms with Crippen LogP contribution in [0.2, 0.25) is 0 Å². The van der Waals surface area contributed by atoms with E-state index in [1.54, 1.807) is 11.3 Å². The van der Waals surface area contributed by atoms with Crippen LogP contribution in [0, 0.1) is 0 Å². The molecule has 0 radical (unpaired) electrons. The first-order valence-electron chi connectivity index (χ1n) is 9.15. The van der Waals surface area contributed by atoms with Gasteiger partial charge in [0.15, 0.2) is 5.96 Å². The predicted octanol–water partition coefficient (Wildman–Crippen LogP) is 2.69. The lowest BCUT2D eigenvalue weighted by Crippen LogP contribution is -2.38. The number of thiazole rings is 1. The lowest BCUT2D eigenvalue weighted by atomic mass is 9.93. The zero-order valence-corrected chi connectivity index (χ0v) is 16.7. The highest BCUT2D eigenvalue weighted by atomic mass is 32.1. The molecular formula is C18H32N4O2S. The van der Waals surface area contributed by atoms with Crippen LogP contribution in [0.4, 0.5) is 0 Å². The molecule has 1 aromatic heterocycles. The van der Waals surface area contributed by atoms with Gasteiger partial charge in [-0.25, -0.2) is 9.98 Å². The monoisotopic (exact) mass is 368 g/mol. The van der Waals surface area contributed by atoms with Crippen molar-refractivity contribution in [2.75, 3.05) is 32.9 Å². The predicted molar refractivity (Wildman–Crippen MR) is 103 cm³/mol. The molecule has 0 amide bonds. The summed E-state index contributed by atoms with van der Waals surface area (Å²) in [5, 5.41) is 9.82. The van der Waals surface area contributed by atoms with Crippen LogP contribution in [0.25, 0.3) is 0 Å². The molecule has 142 valence electrons. The fourth-order valence-corrected chi connectivity index (χ4v) is 3.33. The molecule has 1 saturated heterocycles. The van der Waals surface area contributed by atoms with Crippen molar-refractivity contribution < 1.29 is 9.47 Å². The van der Waals surface area contributed by atoms with E-state index in [-0.39, 0.29) is 11.5 Å². The summed E-state index contributed by atoms with van der Waals surface area (Å²) in [4.78, 5) is 9.33. The first-order chi connectivity index (χ1) is 12.0. The van der Waals surface area contributed by atoms with Gasteiger partial charge < -0.3 is 20.1 Å². The van der Waals surface area contributed by atoms with E-state index in [0.29, 0.717) is 6.54 Å². The summed E-state index contributed by atoms with van der Waals surface area (Å²) in [6, 6.07) is 0. The Bertz CT molecular complexity index is 533. The maximum atomic E-state index is 5.77. The molecule has 0 saturated carbocycles. The number of hydrogen-bond donors (Lipinski definition) is 2. The highest BCUT2D eigenvalue weighted by Gasteiger charge is 2.17. The molecule has 1 aliphatic rings. The van der Waals surface area contributed by atoms with Gasteiger partial charge in [-0.1, -0.05) is 20.8 Å². The number of nitrogens with one attached hydrogen (secondary N) is 2. The molecule has 2 heterocycles. The Kier molecular flexibility index (Phi) is 8.12. The van der Waals surface area contributed by atoms with Crippen LogP contribution in [0.1, 0.15) is 51.2 Å². The summed E-state index contributed by atoms with van der Waals surface area (Å²) in [7, 11) is 0. The van der Waals surface area contributed by atoms with Crippen molar-refractivity contribution in [1.82, 2.24) is 15.6 Å². The number of aliphatic imine (C=N–C) groups is 1. The number of hydrogen-bond acceptors (Lipinski definition) is 5. The number of nitrogens with zero attached hydrogens (tertiary/aromatic N) is 2. The first kappa shape index (κ1) is 20.1. The minimum Gasteiger partial charge on any atom is -0.379 e. The molecule has 0 spiro atoms. The third-order valence-corrected chi connectivity index (χ3v) is 4.73. The second kappa shape index (κ2) is 10.1. The lowest BCUT2D eigenvalue weighted by Gasteiger charge is -2.14. The molecule has 1 atom stereocenters. The summed E-state index contributed by atoms with van der Waals surface area (Å²) in [6.07, 6.45) is 2.25. The SMILES string of the molecule is CCNC(=NCc1nc(C(C)(C)C)cs1)NCCCOC1CCOC1. The molecule has 7 heteroatoms. The van der Waals surface area contributed by atoms with Crippen LogP contribution in [0.3, 0.4) is 0 Å². The second-order valence-electron chi connectivity index (χ2n) is 7.21. The summed E-state index contributed by atoms with van der Waals surface area (Å²) < 4.78 is 11.1. The number of aromatic nitrogens is 1.